The lowest BCUT2D eigenvalue weighted by Crippen LogP contribution is -2.20. The normalized spacial score (nSPS) is 15.7. The number of ether oxygens (including phenoxy) is 1. The van der Waals surface area contributed by atoms with E-state index in [1.165, 1.54) is 5.56 Å². The van der Waals surface area contributed by atoms with Gasteiger partial charge in [0.25, 0.3) is 0 Å². The number of rotatable bonds is 10. The lowest BCUT2D eigenvalue weighted by atomic mass is 10.0. The Morgan fingerprint density at radius 3 is 2.78 bits per heavy atom. The highest BCUT2D eigenvalue weighted by Gasteiger charge is 2.16. The van der Waals surface area contributed by atoms with Gasteiger partial charge in [-0.25, -0.2) is 4.99 Å². The first-order valence-corrected chi connectivity index (χ1v) is 9.46. The minimum absolute atomic E-state index is 0.151. The molecule has 0 aliphatic heterocycles. The third-order valence-corrected chi connectivity index (χ3v) is 4.26. The van der Waals surface area contributed by atoms with Crippen molar-refractivity contribution >= 4 is 17.1 Å². The summed E-state index contributed by atoms with van der Waals surface area (Å²) in [5, 5.41) is 20.1. The van der Waals surface area contributed by atoms with E-state index < -0.39 is 0 Å². The highest BCUT2D eigenvalue weighted by atomic mass is 16.5. The minimum Gasteiger partial charge on any atom is -0.491 e. The molecule has 0 radical (unpaired) electrons. The molecule has 27 heavy (non-hydrogen) atoms. The molecule has 0 aromatic heterocycles. The van der Waals surface area contributed by atoms with E-state index >= 15 is 0 Å². The smallest absolute Gasteiger partial charge is 0.144 e. The fourth-order valence-electron chi connectivity index (χ4n) is 2.69. The summed E-state index contributed by atoms with van der Waals surface area (Å²) >= 11 is 0. The number of nitrogens with one attached hydrogen (secondary N) is 2. The van der Waals surface area contributed by atoms with Crippen molar-refractivity contribution in [2.75, 3.05) is 26.3 Å². The number of aryl methyl sites for hydroxylation is 1. The highest BCUT2D eigenvalue weighted by molar-refractivity contribution is 6.50. The van der Waals surface area contributed by atoms with Gasteiger partial charge in [-0.05, 0) is 49.6 Å². The van der Waals surface area contributed by atoms with Crippen LogP contribution in [0.1, 0.15) is 30.9 Å². The van der Waals surface area contributed by atoms with Gasteiger partial charge >= 0.3 is 0 Å². The Bertz CT molecular complexity index is 751. The van der Waals surface area contributed by atoms with E-state index in [4.69, 9.17) is 21.0 Å². The summed E-state index contributed by atoms with van der Waals surface area (Å²) in [5.74, 6) is 0.586. The molecule has 0 spiro atoms. The van der Waals surface area contributed by atoms with Crippen molar-refractivity contribution in [2.45, 2.75) is 33.1 Å². The summed E-state index contributed by atoms with van der Waals surface area (Å²) in [6.45, 7) is 6.31. The van der Waals surface area contributed by atoms with Crippen molar-refractivity contribution in [1.82, 2.24) is 5.32 Å². The first-order chi connectivity index (χ1) is 13.0. The molecule has 146 valence electrons. The number of nitrogens with zero attached hydrogens (tertiary/aromatic N) is 1. The Hall–Kier alpha value is -2.44. The average Bonchev–Trinajstić information content (AvgIpc) is 2.64. The number of allylic oxidation sites excluding steroid dienone is 2. The quantitative estimate of drug-likeness (QED) is 0.375. The number of aliphatic imine (C=N–C) groups is 1. The molecule has 0 saturated carbocycles. The van der Waals surface area contributed by atoms with Crippen LogP contribution in [0.15, 0.2) is 46.8 Å². The van der Waals surface area contributed by atoms with Crippen LogP contribution < -0.4 is 11.1 Å². The number of nitrogens with two attached hydrogens (primary N) is 1. The van der Waals surface area contributed by atoms with Gasteiger partial charge in [0, 0.05) is 12.6 Å². The topological polar surface area (TPSA) is 104 Å². The molecule has 0 amide bonds. The van der Waals surface area contributed by atoms with Crippen molar-refractivity contribution in [1.29, 1.82) is 5.41 Å². The molecule has 0 heterocycles. The monoisotopic (exact) mass is 370 g/mol. The maximum atomic E-state index is 8.80. The van der Waals surface area contributed by atoms with Gasteiger partial charge in [-0.2, -0.15) is 0 Å². The molecule has 0 saturated heterocycles. The van der Waals surface area contributed by atoms with Crippen molar-refractivity contribution in [2.24, 2.45) is 10.7 Å². The van der Waals surface area contributed by atoms with Crippen molar-refractivity contribution in [3.63, 3.8) is 0 Å². The van der Waals surface area contributed by atoms with E-state index in [9.17, 15) is 0 Å². The molecule has 6 heteroatoms. The number of benzene rings is 1. The zero-order chi connectivity index (χ0) is 19.6. The zero-order valence-corrected chi connectivity index (χ0v) is 16.2. The van der Waals surface area contributed by atoms with E-state index in [0.29, 0.717) is 30.3 Å². The standard InChI is InChI=1S/C21H30N4O2/c1-3-4-11-27-21-14-20(17(22)13-18(21)23)25-19-6-5-16(12-15(19)2)7-8-24-9-10-26/h5-6,12-14,22,24,26H,3-4,7-11,23H2,1-2H3. The molecule has 1 aliphatic rings. The van der Waals surface area contributed by atoms with Crippen LogP contribution in [-0.2, 0) is 11.2 Å². The number of hydrogen-bond acceptors (Lipinski definition) is 6. The van der Waals surface area contributed by atoms with Crippen LogP contribution in [0.25, 0.3) is 0 Å². The first-order valence-electron chi connectivity index (χ1n) is 9.46. The second kappa shape index (κ2) is 10.6. The maximum absolute atomic E-state index is 8.80. The number of aliphatic hydroxyl groups excluding tert-OH is 1. The first kappa shape index (κ1) is 20.9. The molecule has 6 nitrogen and oxygen atoms in total. The summed E-state index contributed by atoms with van der Waals surface area (Å²) < 4.78 is 5.73. The van der Waals surface area contributed by atoms with Crippen molar-refractivity contribution < 1.29 is 9.84 Å². The Labute approximate surface area is 161 Å². The molecule has 1 aromatic rings. The fourth-order valence-corrected chi connectivity index (χ4v) is 2.69. The maximum Gasteiger partial charge on any atom is 0.144 e. The molecule has 2 rings (SSSR count). The van der Waals surface area contributed by atoms with Gasteiger partial charge in [-0.1, -0.05) is 25.5 Å². The molecule has 0 bridgehead atoms. The summed E-state index contributed by atoms with van der Waals surface area (Å²) in [5.41, 5.74) is 10.4. The summed E-state index contributed by atoms with van der Waals surface area (Å²) in [6, 6.07) is 6.13. The van der Waals surface area contributed by atoms with Crippen molar-refractivity contribution in [3.05, 3.63) is 52.9 Å². The van der Waals surface area contributed by atoms with Gasteiger partial charge in [0.15, 0.2) is 0 Å². The van der Waals surface area contributed by atoms with Crippen LogP contribution >= 0.6 is 0 Å². The van der Waals surface area contributed by atoms with Crippen molar-refractivity contribution in [3.8, 4) is 0 Å². The molecule has 1 aromatic carbocycles. The van der Waals surface area contributed by atoms with Crippen LogP contribution in [-0.4, -0.2) is 42.8 Å². The Balaban J connectivity index is 2.12. The number of aliphatic hydroxyl groups is 1. The largest absolute Gasteiger partial charge is 0.491 e. The Kier molecular flexibility index (Phi) is 8.23. The third kappa shape index (κ3) is 6.34. The lowest BCUT2D eigenvalue weighted by Gasteiger charge is -2.16. The van der Waals surface area contributed by atoms with Gasteiger partial charge in [0.2, 0.25) is 0 Å². The fraction of sp³-hybridized carbons (Fsp3) is 0.429. The average molecular weight is 370 g/mol. The van der Waals surface area contributed by atoms with Crippen LogP contribution in [0.2, 0.25) is 0 Å². The second-order valence-electron chi connectivity index (χ2n) is 6.57. The third-order valence-electron chi connectivity index (χ3n) is 4.26. The van der Waals surface area contributed by atoms with Gasteiger partial charge in [-0.15, -0.1) is 0 Å². The molecular formula is C21H30N4O2. The van der Waals surface area contributed by atoms with Gasteiger partial charge in [-0.3, -0.25) is 5.41 Å². The van der Waals surface area contributed by atoms with Crippen LogP contribution in [0.3, 0.4) is 0 Å². The van der Waals surface area contributed by atoms with E-state index in [-0.39, 0.29) is 12.3 Å². The summed E-state index contributed by atoms with van der Waals surface area (Å²) in [6.07, 6.45) is 6.25. The van der Waals surface area contributed by atoms with E-state index in [1.54, 1.807) is 12.2 Å². The van der Waals surface area contributed by atoms with Crippen LogP contribution in [0, 0.1) is 12.3 Å². The summed E-state index contributed by atoms with van der Waals surface area (Å²) in [7, 11) is 0. The SMILES string of the molecule is CCCCOC1=CC(=Nc2ccc(CCNCCO)cc2C)C(=N)C=C1N. The van der Waals surface area contributed by atoms with Crippen LogP contribution in [0.5, 0.6) is 0 Å². The predicted molar refractivity (Wildman–Crippen MR) is 111 cm³/mol. The molecule has 0 atom stereocenters. The summed E-state index contributed by atoms with van der Waals surface area (Å²) in [4.78, 5) is 4.65. The Morgan fingerprint density at radius 2 is 2.07 bits per heavy atom. The van der Waals surface area contributed by atoms with Gasteiger partial charge in [0.05, 0.1) is 36.0 Å². The van der Waals surface area contributed by atoms with Crippen LogP contribution in [0.4, 0.5) is 5.69 Å². The lowest BCUT2D eigenvalue weighted by molar-refractivity contribution is 0.215. The highest BCUT2D eigenvalue weighted by Crippen LogP contribution is 2.22. The van der Waals surface area contributed by atoms with Gasteiger partial charge < -0.3 is 20.9 Å². The second-order valence-corrected chi connectivity index (χ2v) is 6.57. The predicted octanol–water partition coefficient (Wildman–Crippen LogP) is 2.77. The van der Waals surface area contributed by atoms with E-state index in [0.717, 1.165) is 37.1 Å². The number of unbranched alkanes of at least 4 members (excludes halogenated alkanes) is 1. The molecule has 0 unspecified atom stereocenters. The van der Waals surface area contributed by atoms with Gasteiger partial charge in [0.1, 0.15) is 5.76 Å². The molecule has 1 aliphatic carbocycles. The molecule has 0 fully saturated rings. The number of hydrogen-bond donors (Lipinski definition) is 4. The van der Waals surface area contributed by atoms with E-state index in [1.807, 2.05) is 19.1 Å². The Morgan fingerprint density at radius 1 is 1.26 bits per heavy atom. The molecular weight excluding hydrogens is 340 g/mol. The molecule has 5 N–H and O–H groups in total. The zero-order valence-electron chi connectivity index (χ0n) is 16.2. The van der Waals surface area contributed by atoms with E-state index in [2.05, 4.69) is 23.3 Å². The minimum atomic E-state index is 0.151.